The van der Waals surface area contributed by atoms with E-state index in [4.69, 9.17) is 4.74 Å². The lowest BCUT2D eigenvalue weighted by Gasteiger charge is -2.14. The van der Waals surface area contributed by atoms with Crippen LogP contribution >= 0.6 is 0 Å². The number of rotatable bonds is 8. The second-order valence-corrected chi connectivity index (χ2v) is 4.04. The molecule has 0 bridgehead atoms. The zero-order valence-corrected chi connectivity index (χ0v) is 10.0. The molecule has 0 rings (SSSR count). The molecule has 2 unspecified atom stereocenters. The summed E-state index contributed by atoms with van der Waals surface area (Å²) in [7, 11) is 1.72. The molecule has 2 atom stereocenters. The molecule has 0 aliphatic rings. The molecule has 0 aliphatic heterocycles. The Morgan fingerprint density at radius 2 is 1.93 bits per heavy atom. The first kappa shape index (κ1) is 13.6. The topological polar surface area (TPSA) is 26.3 Å². The van der Waals surface area contributed by atoms with E-state index in [9.17, 15) is 4.79 Å². The number of methoxy groups -OCH3 is 1. The molecule has 0 N–H and O–H groups in total. The third kappa shape index (κ3) is 5.38. The summed E-state index contributed by atoms with van der Waals surface area (Å²) < 4.78 is 5.10. The Hall–Kier alpha value is -0.370. The van der Waals surface area contributed by atoms with Gasteiger partial charge in [-0.3, -0.25) is 4.79 Å². The van der Waals surface area contributed by atoms with E-state index in [1.54, 1.807) is 7.11 Å². The van der Waals surface area contributed by atoms with Crippen LogP contribution < -0.4 is 0 Å². The molecule has 0 aromatic carbocycles. The maximum atomic E-state index is 11.6. The molecule has 0 spiro atoms. The van der Waals surface area contributed by atoms with Crippen LogP contribution in [0.3, 0.4) is 0 Å². The SMILES string of the molecule is CCC(CCC(=O)C(C)CC)COC. The molecule has 84 valence electrons. The van der Waals surface area contributed by atoms with Gasteiger partial charge < -0.3 is 4.74 Å². The molecule has 0 saturated heterocycles. The van der Waals surface area contributed by atoms with E-state index in [0.717, 1.165) is 32.3 Å². The predicted molar refractivity (Wildman–Crippen MR) is 59.4 cm³/mol. The van der Waals surface area contributed by atoms with Crippen molar-refractivity contribution >= 4 is 5.78 Å². The Bertz CT molecular complexity index is 154. The highest BCUT2D eigenvalue weighted by atomic mass is 16.5. The standard InChI is InChI=1S/C12H24O2/c1-5-10(3)12(13)8-7-11(6-2)9-14-4/h10-11H,5-9H2,1-4H3. The molecular weight excluding hydrogens is 176 g/mol. The number of hydrogen-bond donors (Lipinski definition) is 0. The van der Waals surface area contributed by atoms with Crippen LogP contribution in [0.2, 0.25) is 0 Å². The lowest BCUT2D eigenvalue weighted by atomic mass is 9.94. The molecule has 0 aliphatic carbocycles. The van der Waals surface area contributed by atoms with Gasteiger partial charge in [0.15, 0.2) is 0 Å². The molecule has 0 saturated carbocycles. The number of ketones is 1. The minimum atomic E-state index is 0.232. The van der Waals surface area contributed by atoms with Crippen molar-refractivity contribution in [3.05, 3.63) is 0 Å². The summed E-state index contributed by atoms with van der Waals surface area (Å²) in [6, 6.07) is 0. The van der Waals surface area contributed by atoms with Gasteiger partial charge in [-0.05, 0) is 18.8 Å². The Kier molecular flexibility index (Phi) is 7.77. The average molecular weight is 200 g/mol. The van der Waals surface area contributed by atoms with Crippen molar-refractivity contribution in [1.29, 1.82) is 0 Å². The first-order valence-electron chi connectivity index (χ1n) is 5.67. The first-order valence-corrected chi connectivity index (χ1v) is 5.67. The van der Waals surface area contributed by atoms with Gasteiger partial charge in [0.05, 0.1) is 0 Å². The summed E-state index contributed by atoms with van der Waals surface area (Å²) in [4.78, 5) is 11.6. The van der Waals surface area contributed by atoms with Crippen LogP contribution in [0.5, 0.6) is 0 Å². The lowest BCUT2D eigenvalue weighted by Crippen LogP contribution is -2.14. The van der Waals surface area contributed by atoms with Gasteiger partial charge in [0.2, 0.25) is 0 Å². The quantitative estimate of drug-likeness (QED) is 0.602. The van der Waals surface area contributed by atoms with E-state index in [-0.39, 0.29) is 5.92 Å². The van der Waals surface area contributed by atoms with Crippen molar-refractivity contribution in [1.82, 2.24) is 0 Å². The van der Waals surface area contributed by atoms with Gasteiger partial charge in [0.1, 0.15) is 5.78 Å². The van der Waals surface area contributed by atoms with Gasteiger partial charge >= 0.3 is 0 Å². The van der Waals surface area contributed by atoms with Gasteiger partial charge in [0, 0.05) is 26.1 Å². The number of Topliss-reactive ketones (excluding diaryl/α,β-unsaturated/α-hetero) is 1. The third-order valence-electron chi connectivity index (χ3n) is 2.94. The van der Waals surface area contributed by atoms with E-state index < -0.39 is 0 Å². The fraction of sp³-hybridized carbons (Fsp3) is 0.917. The van der Waals surface area contributed by atoms with Gasteiger partial charge in [-0.25, -0.2) is 0 Å². The maximum Gasteiger partial charge on any atom is 0.135 e. The van der Waals surface area contributed by atoms with Crippen LogP contribution in [0.4, 0.5) is 0 Å². The van der Waals surface area contributed by atoms with Crippen LogP contribution in [-0.2, 0) is 9.53 Å². The lowest BCUT2D eigenvalue weighted by molar-refractivity contribution is -0.122. The summed E-state index contributed by atoms with van der Waals surface area (Å²) in [6.45, 7) is 7.01. The second-order valence-electron chi connectivity index (χ2n) is 4.04. The van der Waals surface area contributed by atoms with Crippen molar-refractivity contribution in [2.75, 3.05) is 13.7 Å². The summed E-state index contributed by atoms with van der Waals surface area (Å²) in [5.74, 6) is 1.19. The van der Waals surface area contributed by atoms with E-state index in [1.807, 2.05) is 6.92 Å². The Labute approximate surface area is 88.0 Å². The fourth-order valence-corrected chi connectivity index (χ4v) is 1.46. The van der Waals surface area contributed by atoms with Crippen molar-refractivity contribution in [3.63, 3.8) is 0 Å². The minimum absolute atomic E-state index is 0.232. The largest absolute Gasteiger partial charge is 0.384 e. The molecule has 0 aromatic heterocycles. The highest BCUT2D eigenvalue weighted by molar-refractivity contribution is 5.80. The Morgan fingerprint density at radius 3 is 2.36 bits per heavy atom. The number of ether oxygens (including phenoxy) is 1. The zero-order chi connectivity index (χ0) is 11.0. The van der Waals surface area contributed by atoms with Gasteiger partial charge in [0.25, 0.3) is 0 Å². The summed E-state index contributed by atoms with van der Waals surface area (Å²) in [5.41, 5.74) is 0. The van der Waals surface area contributed by atoms with Gasteiger partial charge in [-0.1, -0.05) is 27.2 Å². The van der Waals surface area contributed by atoms with Crippen LogP contribution in [0, 0.1) is 11.8 Å². The summed E-state index contributed by atoms with van der Waals surface area (Å²) in [5, 5.41) is 0. The van der Waals surface area contributed by atoms with Crippen LogP contribution in [0.25, 0.3) is 0 Å². The van der Waals surface area contributed by atoms with Gasteiger partial charge in [-0.15, -0.1) is 0 Å². The second kappa shape index (κ2) is 7.98. The van der Waals surface area contributed by atoms with Crippen LogP contribution in [0.15, 0.2) is 0 Å². The molecule has 0 heterocycles. The number of carbonyl (C=O) groups excluding carboxylic acids is 1. The van der Waals surface area contributed by atoms with Crippen LogP contribution in [0.1, 0.15) is 46.5 Å². The zero-order valence-electron chi connectivity index (χ0n) is 10.0. The molecule has 0 amide bonds. The molecule has 2 heteroatoms. The smallest absolute Gasteiger partial charge is 0.135 e. The third-order valence-corrected chi connectivity index (χ3v) is 2.94. The number of carbonyl (C=O) groups is 1. The number of hydrogen-bond acceptors (Lipinski definition) is 2. The molecule has 0 fully saturated rings. The highest BCUT2D eigenvalue weighted by Gasteiger charge is 2.13. The monoisotopic (exact) mass is 200 g/mol. The first-order chi connectivity index (χ1) is 6.65. The predicted octanol–water partition coefficient (Wildman–Crippen LogP) is 3.05. The molecule has 0 aromatic rings. The van der Waals surface area contributed by atoms with Gasteiger partial charge in [-0.2, -0.15) is 0 Å². The van der Waals surface area contributed by atoms with Crippen molar-refractivity contribution in [2.45, 2.75) is 46.5 Å². The normalized spacial score (nSPS) is 15.1. The minimum Gasteiger partial charge on any atom is -0.384 e. The average Bonchev–Trinajstić information content (AvgIpc) is 2.22. The van der Waals surface area contributed by atoms with E-state index >= 15 is 0 Å². The highest BCUT2D eigenvalue weighted by Crippen LogP contribution is 2.14. The Balaban J connectivity index is 3.73. The fourth-order valence-electron chi connectivity index (χ4n) is 1.46. The van der Waals surface area contributed by atoms with Crippen molar-refractivity contribution < 1.29 is 9.53 Å². The molecule has 2 nitrogen and oxygen atoms in total. The molecular formula is C12H24O2. The Morgan fingerprint density at radius 1 is 1.29 bits per heavy atom. The molecule has 0 radical (unpaired) electrons. The summed E-state index contributed by atoms with van der Waals surface area (Å²) >= 11 is 0. The van der Waals surface area contributed by atoms with Crippen molar-refractivity contribution in [2.24, 2.45) is 11.8 Å². The van der Waals surface area contributed by atoms with Crippen LogP contribution in [-0.4, -0.2) is 19.5 Å². The maximum absolute atomic E-state index is 11.6. The van der Waals surface area contributed by atoms with E-state index in [2.05, 4.69) is 13.8 Å². The molecule has 14 heavy (non-hydrogen) atoms. The van der Waals surface area contributed by atoms with Crippen molar-refractivity contribution in [3.8, 4) is 0 Å². The summed E-state index contributed by atoms with van der Waals surface area (Å²) in [6.07, 6.45) is 3.76. The van der Waals surface area contributed by atoms with E-state index in [0.29, 0.717) is 11.7 Å². The van der Waals surface area contributed by atoms with E-state index in [1.165, 1.54) is 0 Å².